The predicted octanol–water partition coefficient (Wildman–Crippen LogP) is 3.58. The zero-order valence-electron chi connectivity index (χ0n) is 18.4. The van der Waals surface area contributed by atoms with Gasteiger partial charge in [-0.05, 0) is 62.4 Å². The van der Waals surface area contributed by atoms with Gasteiger partial charge < -0.3 is 20.2 Å². The largest absolute Gasteiger partial charge is 0.386 e. The Balaban J connectivity index is 1.64. The quantitative estimate of drug-likeness (QED) is 0.557. The lowest BCUT2D eigenvalue weighted by Gasteiger charge is -2.29. The zero-order valence-corrected chi connectivity index (χ0v) is 18.4. The number of aliphatic hydroxyl groups excluding tert-OH is 1. The number of nitrogens with zero attached hydrogens (tertiary/aromatic N) is 2. The molecule has 0 aromatic heterocycles. The first kappa shape index (κ1) is 22.1. The Hall–Kier alpha value is -1.59. The minimum Gasteiger partial charge on any atom is -0.386 e. The fourth-order valence-electron chi connectivity index (χ4n) is 4.52. The molecule has 1 heterocycles. The molecule has 4 unspecified atom stereocenters. The summed E-state index contributed by atoms with van der Waals surface area (Å²) in [6.45, 7) is 5.04. The summed E-state index contributed by atoms with van der Waals surface area (Å²) in [4.78, 5) is 17.3. The van der Waals surface area contributed by atoms with Crippen LogP contribution in [0.25, 0.3) is 0 Å². The Bertz CT molecular complexity index is 657. The van der Waals surface area contributed by atoms with Crippen molar-refractivity contribution in [1.82, 2.24) is 10.2 Å². The number of benzene rings is 1. The van der Waals surface area contributed by atoms with E-state index in [0.29, 0.717) is 12.5 Å². The number of unbranched alkanes of at least 4 members (excludes halogenated alkanes) is 2. The van der Waals surface area contributed by atoms with Crippen molar-refractivity contribution in [2.75, 3.05) is 38.6 Å². The Kier molecular flexibility index (Phi) is 7.96. The molecule has 2 N–H and O–H groups in total. The minimum absolute atomic E-state index is 0.138. The second-order valence-corrected chi connectivity index (χ2v) is 9.16. The highest BCUT2D eigenvalue weighted by molar-refractivity contribution is 5.81. The van der Waals surface area contributed by atoms with Crippen LogP contribution < -0.4 is 10.2 Å². The summed E-state index contributed by atoms with van der Waals surface area (Å²) in [6.07, 6.45) is 7.58. The lowest BCUT2D eigenvalue weighted by Crippen LogP contribution is -2.47. The van der Waals surface area contributed by atoms with Crippen LogP contribution in [0.15, 0.2) is 24.3 Å². The van der Waals surface area contributed by atoms with Crippen LogP contribution in [0.2, 0.25) is 0 Å². The highest BCUT2D eigenvalue weighted by Crippen LogP contribution is 2.42. The van der Waals surface area contributed by atoms with E-state index in [9.17, 15) is 9.90 Å². The maximum absolute atomic E-state index is 12.9. The molecule has 1 aromatic carbocycles. The first-order valence-corrected chi connectivity index (χ1v) is 11.5. The molecule has 5 heteroatoms. The standard InChI is InChI=1S/C24H39N3O2/c1-4-5-6-10-18-16-21(18)24(29)25-22(17-27-13-7-8-14-27)23(28)19-11-9-12-20(15-19)26(2)3/h9,11-12,15,18,21-23,28H,4-8,10,13-14,16-17H2,1-3H3,(H,25,29). The fourth-order valence-corrected chi connectivity index (χ4v) is 4.52. The van der Waals surface area contributed by atoms with Crippen LogP contribution in [-0.2, 0) is 4.79 Å². The zero-order chi connectivity index (χ0) is 20.8. The first-order valence-electron chi connectivity index (χ1n) is 11.5. The SMILES string of the molecule is CCCCCC1CC1C(=O)NC(CN1CCCC1)C(O)c1cccc(N(C)C)c1. The van der Waals surface area contributed by atoms with Crippen molar-refractivity contribution in [3.05, 3.63) is 29.8 Å². The second-order valence-electron chi connectivity index (χ2n) is 9.16. The number of nitrogens with one attached hydrogen (secondary N) is 1. The van der Waals surface area contributed by atoms with Gasteiger partial charge in [0.15, 0.2) is 0 Å². The highest BCUT2D eigenvalue weighted by atomic mass is 16.3. The van der Waals surface area contributed by atoms with E-state index in [0.717, 1.165) is 37.2 Å². The summed E-state index contributed by atoms with van der Waals surface area (Å²) in [5, 5.41) is 14.4. The van der Waals surface area contributed by atoms with Gasteiger partial charge in [0.1, 0.15) is 6.10 Å². The van der Waals surface area contributed by atoms with Crippen LogP contribution in [0, 0.1) is 11.8 Å². The third-order valence-electron chi connectivity index (χ3n) is 6.53. The number of rotatable bonds is 11. The maximum Gasteiger partial charge on any atom is 0.223 e. The molecule has 4 atom stereocenters. The number of amides is 1. The Morgan fingerprint density at radius 3 is 2.72 bits per heavy atom. The molecule has 162 valence electrons. The number of hydrogen-bond acceptors (Lipinski definition) is 4. The number of anilines is 1. The summed E-state index contributed by atoms with van der Waals surface area (Å²) in [6, 6.07) is 7.74. The van der Waals surface area contributed by atoms with E-state index in [1.54, 1.807) is 0 Å². The van der Waals surface area contributed by atoms with E-state index in [4.69, 9.17) is 0 Å². The van der Waals surface area contributed by atoms with Gasteiger partial charge in [0.2, 0.25) is 5.91 Å². The average Bonchev–Trinajstić information content (AvgIpc) is 3.31. The van der Waals surface area contributed by atoms with Crippen LogP contribution in [0.5, 0.6) is 0 Å². The highest BCUT2D eigenvalue weighted by Gasteiger charge is 2.43. The molecule has 29 heavy (non-hydrogen) atoms. The van der Waals surface area contributed by atoms with E-state index in [-0.39, 0.29) is 17.9 Å². The van der Waals surface area contributed by atoms with Gasteiger partial charge in [0.25, 0.3) is 0 Å². The molecule has 1 aliphatic carbocycles. The average molecular weight is 402 g/mol. The normalized spacial score (nSPS) is 23.6. The number of carbonyl (C=O) groups excluding carboxylic acids is 1. The van der Waals surface area contributed by atoms with Gasteiger partial charge in [0, 0.05) is 32.2 Å². The number of carbonyl (C=O) groups is 1. The van der Waals surface area contributed by atoms with Crippen molar-refractivity contribution >= 4 is 11.6 Å². The second kappa shape index (κ2) is 10.4. The summed E-state index contributed by atoms with van der Waals surface area (Å²) < 4.78 is 0. The molecule has 1 amide bonds. The summed E-state index contributed by atoms with van der Waals surface area (Å²) in [5.74, 6) is 0.829. The number of aliphatic hydroxyl groups is 1. The molecule has 5 nitrogen and oxygen atoms in total. The van der Waals surface area contributed by atoms with Crippen molar-refractivity contribution < 1.29 is 9.90 Å². The molecule has 2 fully saturated rings. The van der Waals surface area contributed by atoms with E-state index < -0.39 is 6.10 Å². The molecular weight excluding hydrogens is 362 g/mol. The smallest absolute Gasteiger partial charge is 0.223 e. The molecule has 1 aliphatic heterocycles. The van der Waals surface area contributed by atoms with E-state index in [1.165, 1.54) is 32.1 Å². The van der Waals surface area contributed by atoms with Crippen LogP contribution >= 0.6 is 0 Å². The van der Waals surface area contributed by atoms with Crippen LogP contribution in [0.3, 0.4) is 0 Å². The van der Waals surface area contributed by atoms with Crippen LogP contribution in [-0.4, -0.2) is 55.7 Å². The monoisotopic (exact) mass is 401 g/mol. The Morgan fingerprint density at radius 1 is 1.28 bits per heavy atom. The number of likely N-dealkylation sites (tertiary alicyclic amines) is 1. The molecule has 1 aromatic rings. The third-order valence-corrected chi connectivity index (χ3v) is 6.53. The molecular formula is C24H39N3O2. The van der Waals surface area contributed by atoms with Crippen molar-refractivity contribution in [3.8, 4) is 0 Å². The first-order chi connectivity index (χ1) is 14.0. The maximum atomic E-state index is 12.9. The number of hydrogen-bond donors (Lipinski definition) is 2. The molecule has 0 radical (unpaired) electrons. The van der Waals surface area contributed by atoms with Crippen molar-refractivity contribution in [3.63, 3.8) is 0 Å². The van der Waals surface area contributed by atoms with E-state index in [2.05, 4.69) is 17.1 Å². The van der Waals surface area contributed by atoms with Gasteiger partial charge >= 0.3 is 0 Å². The molecule has 0 bridgehead atoms. The van der Waals surface area contributed by atoms with Crippen LogP contribution in [0.1, 0.15) is 63.5 Å². The van der Waals surface area contributed by atoms with Crippen molar-refractivity contribution in [1.29, 1.82) is 0 Å². The third kappa shape index (κ3) is 6.19. The Labute approximate surface area is 176 Å². The van der Waals surface area contributed by atoms with Crippen LogP contribution in [0.4, 0.5) is 5.69 Å². The van der Waals surface area contributed by atoms with Gasteiger partial charge in [0.05, 0.1) is 6.04 Å². The van der Waals surface area contributed by atoms with E-state index >= 15 is 0 Å². The molecule has 0 spiro atoms. The summed E-state index contributed by atoms with van der Waals surface area (Å²) in [7, 11) is 4.00. The Morgan fingerprint density at radius 2 is 2.03 bits per heavy atom. The lowest BCUT2D eigenvalue weighted by atomic mass is 10.0. The summed E-state index contributed by atoms with van der Waals surface area (Å²) in [5.41, 5.74) is 1.93. The van der Waals surface area contributed by atoms with Gasteiger partial charge in [-0.25, -0.2) is 0 Å². The van der Waals surface area contributed by atoms with Gasteiger partial charge in [-0.15, -0.1) is 0 Å². The van der Waals surface area contributed by atoms with Gasteiger partial charge in [-0.2, -0.15) is 0 Å². The topological polar surface area (TPSA) is 55.8 Å². The van der Waals surface area contributed by atoms with E-state index in [1.807, 2.05) is 43.3 Å². The molecule has 1 saturated heterocycles. The molecule has 1 saturated carbocycles. The van der Waals surface area contributed by atoms with Crippen molar-refractivity contribution in [2.24, 2.45) is 11.8 Å². The van der Waals surface area contributed by atoms with Crippen molar-refractivity contribution in [2.45, 2.75) is 64.0 Å². The summed E-state index contributed by atoms with van der Waals surface area (Å²) >= 11 is 0. The minimum atomic E-state index is -0.697. The van der Waals surface area contributed by atoms with Gasteiger partial charge in [-0.3, -0.25) is 4.79 Å². The predicted molar refractivity (Wildman–Crippen MR) is 119 cm³/mol. The lowest BCUT2D eigenvalue weighted by molar-refractivity contribution is -0.124. The molecule has 2 aliphatic rings. The molecule has 3 rings (SSSR count). The fraction of sp³-hybridized carbons (Fsp3) is 0.708. The van der Waals surface area contributed by atoms with Gasteiger partial charge in [-0.1, -0.05) is 38.3 Å².